The number of nitrogens with one attached hydrogen (secondary N) is 1. The number of hydrogen-bond acceptors (Lipinski definition) is 8. The SMILES string of the molecule is CCOc1ccc(-n2c(SCC(=O)Nc3ccc(S(N)(=O)=O)cc3)nnc2-c2cccnc2)cc1. The van der Waals surface area contributed by atoms with Crippen molar-refractivity contribution in [2.45, 2.75) is 17.0 Å². The van der Waals surface area contributed by atoms with Crippen molar-refractivity contribution in [3.63, 3.8) is 0 Å². The third-order valence-corrected chi connectivity index (χ3v) is 6.62. The molecule has 0 fully saturated rings. The molecule has 4 aromatic rings. The molecule has 0 aliphatic heterocycles. The molecule has 1 amide bonds. The largest absolute Gasteiger partial charge is 0.494 e. The second kappa shape index (κ2) is 10.7. The zero-order chi connectivity index (χ0) is 24.8. The molecule has 3 N–H and O–H groups in total. The maximum Gasteiger partial charge on any atom is 0.238 e. The number of benzene rings is 2. The first-order valence-electron chi connectivity index (χ1n) is 10.5. The van der Waals surface area contributed by atoms with Gasteiger partial charge in [-0.15, -0.1) is 10.2 Å². The molecule has 0 unspecified atom stereocenters. The molecule has 10 nitrogen and oxygen atoms in total. The van der Waals surface area contributed by atoms with Gasteiger partial charge < -0.3 is 10.1 Å². The van der Waals surface area contributed by atoms with Crippen molar-refractivity contribution in [1.29, 1.82) is 0 Å². The first kappa shape index (κ1) is 24.4. The fraction of sp³-hybridized carbons (Fsp3) is 0.130. The molecule has 180 valence electrons. The van der Waals surface area contributed by atoms with Crippen LogP contribution in [0.5, 0.6) is 5.75 Å². The maximum absolute atomic E-state index is 12.5. The third-order valence-electron chi connectivity index (χ3n) is 4.76. The molecule has 0 atom stereocenters. The number of rotatable bonds is 9. The van der Waals surface area contributed by atoms with Gasteiger partial charge in [0.25, 0.3) is 0 Å². The zero-order valence-electron chi connectivity index (χ0n) is 18.7. The number of hydrogen-bond donors (Lipinski definition) is 2. The number of pyridine rings is 1. The van der Waals surface area contributed by atoms with E-state index in [2.05, 4.69) is 20.5 Å². The van der Waals surface area contributed by atoms with Gasteiger partial charge in [0.2, 0.25) is 15.9 Å². The van der Waals surface area contributed by atoms with Crippen LogP contribution in [0.25, 0.3) is 17.1 Å². The lowest BCUT2D eigenvalue weighted by Crippen LogP contribution is -2.15. The highest BCUT2D eigenvalue weighted by molar-refractivity contribution is 7.99. The standard InChI is InChI=1S/C23H22N6O4S2/c1-2-33-19-9-7-18(8-10-19)29-22(16-4-3-13-25-14-16)27-28-23(29)34-15-21(30)26-17-5-11-20(12-6-17)35(24,31)32/h3-14H,2,15H2,1H3,(H,26,30)(H2,24,31,32). The van der Waals surface area contributed by atoms with Crippen molar-refractivity contribution in [3.8, 4) is 22.8 Å². The van der Waals surface area contributed by atoms with Gasteiger partial charge in [0.05, 0.1) is 17.3 Å². The summed E-state index contributed by atoms with van der Waals surface area (Å²) in [5, 5.41) is 17.0. The topological polar surface area (TPSA) is 142 Å². The van der Waals surface area contributed by atoms with Gasteiger partial charge in [0, 0.05) is 29.3 Å². The molecular formula is C23H22N6O4S2. The molecule has 0 aliphatic carbocycles. The summed E-state index contributed by atoms with van der Waals surface area (Å²) in [7, 11) is -3.80. The van der Waals surface area contributed by atoms with Crippen molar-refractivity contribution >= 4 is 33.4 Å². The van der Waals surface area contributed by atoms with Crippen molar-refractivity contribution in [1.82, 2.24) is 19.7 Å². The second-order valence-electron chi connectivity index (χ2n) is 7.22. The van der Waals surface area contributed by atoms with Gasteiger partial charge in [-0.25, -0.2) is 13.6 Å². The molecule has 0 bridgehead atoms. The van der Waals surface area contributed by atoms with E-state index in [1.54, 1.807) is 12.4 Å². The van der Waals surface area contributed by atoms with Crippen molar-refractivity contribution in [2.75, 3.05) is 17.7 Å². The molecule has 2 aromatic carbocycles. The molecule has 0 saturated heterocycles. The minimum absolute atomic E-state index is 0.0312. The molecule has 0 radical (unpaired) electrons. The highest BCUT2D eigenvalue weighted by atomic mass is 32.2. The number of anilines is 1. The first-order valence-corrected chi connectivity index (χ1v) is 13.0. The number of nitrogens with two attached hydrogens (primary N) is 1. The van der Waals surface area contributed by atoms with Gasteiger partial charge in [-0.1, -0.05) is 11.8 Å². The van der Waals surface area contributed by atoms with Crippen molar-refractivity contribution in [2.24, 2.45) is 5.14 Å². The lowest BCUT2D eigenvalue weighted by molar-refractivity contribution is -0.113. The van der Waals surface area contributed by atoms with E-state index in [0.717, 1.165) is 17.0 Å². The Morgan fingerprint density at radius 3 is 2.46 bits per heavy atom. The van der Waals surface area contributed by atoms with E-state index in [1.807, 2.05) is 47.9 Å². The average molecular weight is 511 g/mol. The number of amides is 1. The van der Waals surface area contributed by atoms with Crippen molar-refractivity contribution < 1.29 is 17.9 Å². The summed E-state index contributed by atoms with van der Waals surface area (Å²) in [6.45, 7) is 2.48. The van der Waals surface area contributed by atoms with Crippen LogP contribution in [0.3, 0.4) is 0 Å². The Kier molecular flexibility index (Phi) is 7.44. The van der Waals surface area contributed by atoms with E-state index in [-0.39, 0.29) is 16.6 Å². The van der Waals surface area contributed by atoms with Crippen LogP contribution in [0.1, 0.15) is 6.92 Å². The van der Waals surface area contributed by atoms with Crippen LogP contribution < -0.4 is 15.2 Å². The lowest BCUT2D eigenvalue weighted by Gasteiger charge is -2.11. The molecule has 12 heteroatoms. The number of nitrogens with zero attached hydrogens (tertiary/aromatic N) is 4. The quantitative estimate of drug-likeness (QED) is 0.327. The predicted octanol–water partition coefficient (Wildman–Crippen LogP) is 3.11. The zero-order valence-corrected chi connectivity index (χ0v) is 20.3. The van der Waals surface area contributed by atoms with Gasteiger partial charge in [-0.2, -0.15) is 0 Å². The van der Waals surface area contributed by atoms with E-state index in [1.165, 1.54) is 36.0 Å². The molecule has 4 rings (SSSR count). The Bertz CT molecular complexity index is 1410. The predicted molar refractivity (Wildman–Crippen MR) is 133 cm³/mol. The molecule has 35 heavy (non-hydrogen) atoms. The van der Waals surface area contributed by atoms with E-state index < -0.39 is 10.0 Å². The fourth-order valence-electron chi connectivity index (χ4n) is 3.19. The van der Waals surface area contributed by atoms with Crippen LogP contribution in [-0.4, -0.2) is 46.4 Å². The van der Waals surface area contributed by atoms with Gasteiger partial charge in [-0.3, -0.25) is 14.3 Å². The van der Waals surface area contributed by atoms with E-state index in [0.29, 0.717) is 23.3 Å². The Balaban J connectivity index is 1.54. The Hall–Kier alpha value is -3.74. The molecule has 2 aromatic heterocycles. The number of sulfonamides is 1. The van der Waals surface area contributed by atoms with Gasteiger partial charge >= 0.3 is 0 Å². The van der Waals surface area contributed by atoms with Gasteiger partial charge in [-0.05, 0) is 67.6 Å². The van der Waals surface area contributed by atoms with E-state index >= 15 is 0 Å². The summed E-state index contributed by atoms with van der Waals surface area (Å²) in [6, 6.07) is 16.8. The van der Waals surface area contributed by atoms with Crippen LogP contribution in [0.4, 0.5) is 5.69 Å². The van der Waals surface area contributed by atoms with Crippen molar-refractivity contribution in [3.05, 3.63) is 73.1 Å². The first-order chi connectivity index (χ1) is 16.8. The van der Waals surface area contributed by atoms with Crippen LogP contribution in [-0.2, 0) is 14.8 Å². The molecule has 0 aliphatic rings. The van der Waals surface area contributed by atoms with Gasteiger partial charge in [0.1, 0.15) is 5.75 Å². The number of aromatic nitrogens is 4. The average Bonchev–Trinajstić information content (AvgIpc) is 3.28. The summed E-state index contributed by atoms with van der Waals surface area (Å²) < 4.78 is 30.2. The lowest BCUT2D eigenvalue weighted by atomic mass is 10.2. The number of primary sulfonamides is 1. The summed E-state index contributed by atoms with van der Waals surface area (Å²) in [4.78, 5) is 16.7. The molecule has 2 heterocycles. The Morgan fingerprint density at radius 1 is 1.09 bits per heavy atom. The third kappa shape index (κ3) is 6.04. The highest BCUT2D eigenvalue weighted by Crippen LogP contribution is 2.28. The van der Waals surface area contributed by atoms with Crippen LogP contribution in [0.2, 0.25) is 0 Å². The summed E-state index contributed by atoms with van der Waals surface area (Å²) in [5.74, 6) is 1.10. The summed E-state index contributed by atoms with van der Waals surface area (Å²) in [6.07, 6.45) is 3.37. The van der Waals surface area contributed by atoms with E-state index in [4.69, 9.17) is 9.88 Å². The highest BCUT2D eigenvalue weighted by Gasteiger charge is 2.18. The van der Waals surface area contributed by atoms with Gasteiger partial charge in [0.15, 0.2) is 11.0 Å². The smallest absolute Gasteiger partial charge is 0.238 e. The minimum Gasteiger partial charge on any atom is -0.494 e. The second-order valence-corrected chi connectivity index (χ2v) is 9.72. The van der Waals surface area contributed by atoms with Crippen LogP contribution >= 0.6 is 11.8 Å². The Labute approximate surface area is 206 Å². The molecule has 0 saturated carbocycles. The maximum atomic E-state index is 12.5. The van der Waals surface area contributed by atoms with E-state index in [9.17, 15) is 13.2 Å². The molecule has 0 spiro atoms. The van der Waals surface area contributed by atoms with Crippen LogP contribution in [0.15, 0.2) is 83.1 Å². The number of ether oxygens (including phenoxy) is 1. The summed E-state index contributed by atoms with van der Waals surface area (Å²) >= 11 is 1.22. The minimum atomic E-state index is -3.80. The number of carbonyl (C=O) groups excluding carboxylic acids is 1. The number of carbonyl (C=O) groups is 1. The Morgan fingerprint density at radius 2 is 1.83 bits per heavy atom. The monoisotopic (exact) mass is 510 g/mol. The van der Waals surface area contributed by atoms with Crippen LogP contribution in [0, 0.1) is 0 Å². The number of thioether (sulfide) groups is 1. The fourth-order valence-corrected chi connectivity index (χ4v) is 4.46. The molecular weight excluding hydrogens is 488 g/mol. The summed E-state index contributed by atoms with van der Waals surface area (Å²) in [5.41, 5.74) is 2.03. The normalized spacial score (nSPS) is 11.3.